The molecule has 0 spiro atoms. The molecule has 1 saturated heterocycles. The van der Waals surface area contributed by atoms with E-state index in [-0.39, 0.29) is 18.2 Å². The lowest BCUT2D eigenvalue weighted by atomic mass is 9.90. The topological polar surface area (TPSA) is 55.3 Å². The van der Waals surface area contributed by atoms with Crippen molar-refractivity contribution < 1.29 is 9.53 Å². The van der Waals surface area contributed by atoms with Gasteiger partial charge in [0.05, 0.1) is 23.5 Å². The number of aromatic nitrogens is 2. The number of piperidine rings is 1. The van der Waals surface area contributed by atoms with Crippen LogP contribution in [-0.2, 0) is 4.74 Å². The molecule has 2 atom stereocenters. The summed E-state index contributed by atoms with van der Waals surface area (Å²) in [5, 5.41) is 0. The molecule has 2 aromatic heterocycles. The SMILES string of the molecule is Cc1cccnc1C1CCCC(c2cccc(Br)n2)N1C(=O)OC(C)(C)C. The molecule has 0 aromatic carbocycles. The first-order valence-electron chi connectivity index (χ1n) is 9.31. The van der Waals surface area contributed by atoms with Gasteiger partial charge < -0.3 is 4.74 Å². The van der Waals surface area contributed by atoms with E-state index in [0.29, 0.717) is 0 Å². The van der Waals surface area contributed by atoms with Crippen molar-refractivity contribution in [1.82, 2.24) is 14.9 Å². The highest BCUT2D eigenvalue weighted by atomic mass is 79.9. The number of aryl methyl sites for hydroxylation is 1. The average molecular weight is 432 g/mol. The lowest BCUT2D eigenvalue weighted by molar-refractivity contribution is -0.00805. The fourth-order valence-corrected chi connectivity index (χ4v) is 3.94. The number of halogens is 1. The summed E-state index contributed by atoms with van der Waals surface area (Å²) in [6.07, 6.45) is 4.19. The standard InChI is InChI=1S/C21H26BrN3O2/c1-14-8-7-13-23-19(14)17-11-6-10-16(15-9-5-12-18(22)24-15)25(17)20(26)27-21(2,3)4/h5,7-9,12-13,16-17H,6,10-11H2,1-4H3. The number of rotatable bonds is 2. The van der Waals surface area contributed by atoms with Crippen molar-refractivity contribution in [3.05, 3.63) is 58.1 Å². The van der Waals surface area contributed by atoms with Crippen LogP contribution in [0.2, 0.25) is 0 Å². The molecule has 3 heterocycles. The highest BCUT2D eigenvalue weighted by Crippen LogP contribution is 2.42. The predicted octanol–water partition coefficient (Wildman–Crippen LogP) is 5.75. The summed E-state index contributed by atoms with van der Waals surface area (Å²) in [7, 11) is 0. The summed E-state index contributed by atoms with van der Waals surface area (Å²) in [4.78, 5) is 24.3. The maximum Gasteiger partial charge on any atom is 0.411 e. The van der Waals surface area contributed by atoms with E-state index in [0.717, 1.165) is 40.8 Å². The van der Waals surface area contributed by atoms with Gasteiger partial charge in [0.1, 0.15) is 10.2 Å². The monoisotopic (exact) mass is 431 g/mol. The highest BCUT2D eigenvalue weighted by Gasteiger charge is 2.40. The van der Waals surface area contributed by atoms with Crippen LogP contribution in [0.25, 0.3) is 0 Å². The van der Waals surface area contributed by atoms with Crippen LogP contribution in [-0.4, -0.2) is 26.6 Å². The van der Waals surface area contributed by atoms with E-state index in [4.69, 9.17) is 4.74 Å². The second-order valence-electron chi connectivity index (χ2n) is 7.94. The van der Waals surface area contributed by atoms with E-state index in [1.807, 2.05) is 62.9 Å². The third-order valence-electron chi connectivity index (χ3n) is 4.67. The molecule has 144 valence electrons. The number of nitrogens with zero attached hydrogens (tertiary/aromatic N) is 3. The van der Waals surface area contributed by atoms with Crippen molar-refractivity contribution in [3.63, 3.8) is 0 Å². The lowest BCUT2D eigenvalue weighted by Gasteiger charge is -2.42. The van der Waals surface area contributed by atoms with Gasteiger partial charge in [0.25, 0.3) is 0 Å². The second kappa shape index (κ2) is 7.97. The molecule has 1 aliphatic heterocycles. The Balaban J connectivity index is 2.04. The summed E-state index contributed by atoms with van der Waals surface area (Å²) in [6.45, 7) is 7.71. The first-order chi connectivity index (χ1) is 12.8. The molecule has 1 amide bonds. The van der Waals surface area contributed by atoms with Crippen LogP contribution >= 0.6 is 15.9 Å². The summed E-state index contributed by atoms with van der Waals surface area (Å²) >= 11 is 3.45. The molecule has 6 heteroatoms. The second-order valence-corrected chi connectivity index (χ2v) is 8.75. The fourth-order valence-electron chi connectivity index (χ4n) is 3.58. The van der Waals surface area contributed by atoms with Gasteiger partial charge >= 0.3 is 6.09 Å². The van der Waals surface area contributed by atoms with Crippen LogP contribution in [0.15, 0.2) is 41.1 Å². The molecule has 1 aliphatic rings. The van der Waals surface area contributed by atoms with Gasteiger partial charge in [0.2, 0.25) is 0 Å². The predicted molar refractivity (Wildman–Crippen MR) is 108 cm³/mol. The van der Waals surface area contributed by atoms with Crippen molar-refractivity contribution in [2.24, 2.45) is 0 Å². The van der Waals surface area contributed by atoms with Crippen molar-refractivity contribution in [1.29, 1.82) is 0 Å². The zero-order valence-electron chi connectivity index (χ0n) is 16.3. The third-order valence-corrected chi connectivity index (χ3v) is 5.12. The molecule has 5 nitrogen and oxygen atoms in total. The summed E-state index contributed by atoms with van der Waals surface area (Å²) < 4.78 is 6.53. The number of hydrogen-bond acceptors (Lipinski definition) is 4. The van der Waals surface area contributed by atoms with Gasteiger partial charge in [-0.2, -0.15) is 0 Å². The minimum Gasteiger partial charge on any atom is -0.444 e. The first kappa shape index (κ1) is 19.8. The van der Waals surface area contributed by atoms with Crippen molar-refractivity contribution in [3.8, 4) is 0 Å². The smallest absolute Gasteiger partial charge is 0.411 e. The molecule has 0 saturated carbocycles. The number of hydrogen-bond donors (Lipinski definition) is 0. The molecular formula is C21H26BrN3O2. The van der Waals surface area contributed by atoms with Gasteiger partial charge in [-0.25, -0.2) is 9.78 Å². The summed E-state index contributed by atoms with van der Waals surface area (Å²) in [5.41, 5.74) is 2.32. The normalized spacial score (nSPS) is 20.4. The zero-order chi connectivity index (χ0) is 19.6. The first-order valence-corrected chi connectivity index (χ1v) is 10.1. The maximum atomic E-state index is 13.2. The van der Waals surface area contributed by atoms with Gasteiger partial charge in [-0.15, -0.1) is 0 Å². The Morgan fingerprint density at radius 2 is 1.93 bits per heavy atom. The molecule has 2 aromatic rings. The number of pyridine rings is 2. The Labute approximate surface area is 169 Å². The Kier molecular flexibility index (Phi) is 5.84. The van der Waals surface area contributed by atoms with Crippen LogP contribution in [0.1, 0.15) is 69.1 Å². The van der Waals surface area contributed by atoms with Crippen molar-refractivity contribution >= 4 is 22.0 Å². The van der Waals surface area contributed by atoms with E-state index in [2.05, 4.69) is 25.9 Å². The molecule has 0 aliphatic carbocycles. The lowest BCUT2D eigenvalue weighted by Crippen LogP contribution is -2.44. The molecule has 0 N–H and O–H groups in total. The van der Waals surface area contributed by atoms with Crippen molar-refractivity contribution in [2.45, 2.75) is 64.6 Å². The number of carbonyl (C=O) groups is 1. The van der Waals surface area contributed by atoms with Gasteiger partial charge in [-0.1, -0.05) is 12.1 Å². The maximum absolute atomic E-state index is 13.2. The van der Waals surface area contributed by atoms with Crippen LogP contribution in [0.4, 0.5) is 4.79 Å². The van der Waals surface area contributed by atoms with Crippen molar-refractivity contribution in [2.75, 3.05) is 0 Å². The van der Waals surface area contributed by atoms with Crippen LogP contribution < -0.4 is 0 Å². The molecule has 0 bridgehead atoms. The molecule has 1 fully saturated rings. The molecule has 3 rings (SSSR count). The van der Waals surface area contributed by atoms with E-state index < -0.39 is 5.60 Å². The van der Waals surface area contributed by atoms with Gasteiger partial charge in [0.15, 0.2) is 0 Å². The van der Waals surface area contributed by atoms with Crippen LogP contribution in [0.3, 0.4) is 0 Å². The third kappa shape index (κ3) is 4.67. The molecular weight excluding hydrogens is 406 g/mol. The summed E-state index contributed by atoms with van der Waals surface area (Å²) in [6, 6.07) is 9.52. The largest absolute Gasteiger partial charge is 0.444 e. The van der Waals surface area contributed by atoms with Gasteiger partial charge in [0, 0.05) is 6.20 Å². The highest BCUT2D eigenvalue weighted by molar-refractivity contribution is 9.10. The van der Waals surface area contributed by atoms with Gasteiger partial charge in [-0.3, -0.25) is 9.88 Å². The number of likely N-dealkylation sites (tertiary alicyclic amines) is 1. The quantitative estimate of drug-likeness (QED) is 0.567. The minimum absolute atomic E-state index is 0.124. The number of amides is 1. The fraction of sp³-hybridized carbons (Fsp3) is 0.476. The van der Waals surface area contributed by atoms with E-state index >= 15 is 0 Å². The summed E-state index contributed by atoms with van der Waals surface area (Å²) in [5.74, 6) is 0. The minimum atomic E-state index is -0.562. The Morgan fingerprint density at radius 3 is 2.59 bits per heavy atom. The van der Waals surface area contributed by atoms with E-state index in [1.54, 1.807) is 6.20 Å². The Morgan fingerprint density at radius 1 is 1.19 bits per heavy atom. The molecule has 2 unspecified atom stereocenters. The molecule has 27 heavy (non-hydrogen) atoms. The number of ether oxygens (including phenoxy) is 1. The zero-order valence-corrected chi connectivity index (χ0v) is 17.9. The van der Waals surface area contributed by atoms with Crippen LogP contribution in [0, 0.1) is 6.92 Å². The van der Waals surface area contributed by atoms with Gasteiger partial charge in [-0.05, 0) is 86.6 Å². The Bertz CT molecular complexity index is 819. The van der Waals surface area contributed by atoms with E-state index in [1.165, 1.54) is 0 Å². The Hall–Kier alpha value is -1.95. The number of carbonyl (C=O) groups excluding carboxylic acids is 1. The van der Waals surface area contributed by atoms with E-state index in [9.17, 15) is 4.79 Å². The molecule has 0 radical (unpaired) electrons. The van der Waals surface area contributed by atoms with Crippen LogP contribution in [0.5, 0.6) is 0 Å². The average Bonchev–Trinajstić information content (AvgIpc) is 2.60.